The number of amides is 1. The van der Waals surface area contributed by atoms with Gasteiger partial charge in [0.15, 0.2) is 0 Å². The highest BCUT2D eigenvalue weighted by molar-refractivity contribution is 9.10. The van der Waals surface area contributed by atoms with E-state index < -0.39 is 5.66 Å². The Balaban J connectivity index is 1.74. The molecular weight excluding hydrogens is 414 g/mol. The first-order valence-electron chi connectivity index (χ1n) is 9.74. The van der Waals surface area contributed by atoms with Gasteiger partial charge in [-0.2, -0.15) is 0 Å². The number of nitrogens with zero attached hydrogens (tertiary/aromatic N) is 2. The third-order valence-corrected chi connectivity index (χ3v) is 6.17. The fourth-order valence-electron chi connectivity index (χ4n) is 4.30. The zero-order chi connectivity index (χ0) is 19.9. The molecule has 1 spiro atoms. The van der Waals surface area contributed by atoms with E-state index in [0.717, 1.165) is 53.9 Å². The molecule has 1 N–H and O–H groups in total. The Morgan fingerprint density at radius 1 is 1.18 bits per heavy atom. The molecule has 0 aromatic heterocycles. The molecule has 0 unspecified atom stereocenters. The molecule has 5 heteroatoms. The van der Waals surface area contributed by atoms with Crippen LogP contribution in [0.4, 0.5) is 11.4 Å². The highest BCUT2D eigenvalue weighted by atomic mass is 79.9. The zero-order valence-corrected chi connectivity index (χ0v) is 18.1. The van der Waals surface area contributed by atoms with Crippen molar-refractivity contribution >= 4 is 33.2 Å². The van der Waals surface area contributed by atoms with Crippen LogP contribution in [0.25, 0.3) is 0 Å². The molecule has 1 saturated heterocycles. The van der Waals surface area contributed by atoms with E-state index in [1.807, 2.05) is 23.1 Å². The molecular formula is C23H26BrN3O. The first-order valence-corrected chi connectivity index (χ1v) is 10.5. The molecule has 2 aliphatic rings. The summed E-state index contributed by atoms with van der Waals surface area (Å²) in [6.07, 6.45) is 1.73. The van der Waals surface area contributed by atoms with Gasteiger partial charge >= 0.3 is 0 Å². The van der Waals surface area contributed by atoms with E-state index in [-0.39, 0.29) is 5.91 Å². The summed E-state index contributed by atoms with van der Waals surface area (Å²) in [7, 11) is 0. The quantitative estimate of drug-likeness (QED) is 0.667. The summed E-state index contributed by atoms with van der Waals surface area (Å²) in [5, 5.41) is 3.75. The van der Waals surface area contributed by atoms with Gasteiger partial charge in [0.25, 0.3) is 5.91 Å². The molecule has 1 amide bonds. The predicted octanol–water partition coefficient (Wildman–Crippen LogP) is 5.20. The third kappa shape index (κ3) is 3.49. The minimum absolute atomic E-state index is 0.0680. The Morgan fingerprint density at radius 2 is 1.86 bits per heavy atom. The van der Waals surface area contributed by atoms with E-state index in [2.05, 4.69) is 70.8 Å². The molecule has 1 fully saturated rings. The number of carbonyl (C=O) groups excluding carboxylic acids is 1. The summed E-state index contributed by atoms with van der Waals surface area (Å²) in [4.78, 5) is 18.0. The second kappa shape index (κ2) is 7.37. The molecule has 2 aromatic carbocycles. The number of likely N-dealkylation sites (tertiary alicyclic amines) is 1. The number of anilines is 2. The first-order chi connectivity index (χ1) is 13.4. The van der Waals surface area contributed by atoms with E-state index in [4.69, 9.17) is 0 Å². The largest absolute Gasteiger partial charge is 0.362 e. The summed E-state index contributed by atoms with van der Waals surface area (Å²) in [5.41, 5.74) is 4.54. The Hall–Kier alpha value is -2.11. The van der Waals surface area contributed by atoms with Gasteiger partial charge in [-0.15, -0.1) is 0 Å². The smallest absolute Gasteiger partial charge is 0.262 e. The van der Waals surface area contributed by atoms with Gasteiger partial charge in [0.05, 0.1) is 5.56 Å². The lowest BCUT2D eigenvalue weighted by molar-refractivity contribution is 0.0913. The number of benzene rings is 2. The summed E-state index contributed by atoms with van der Waals surface area (Å²) in [5.74, 6) is 0.0680. The molecule has 0 saturated carbocycles. The lowest BCUT2D eigenvalue weighted by Gasteiger charge is -2.52. The minimum atomic E-state index is -0.411. The number of piperidine rings is 1. The van der Waals surface area contributed by atoms with Crippen LogP contribution in [-0.4, -0.2) is 36.1 Å². The average Bonchev–Trinajstić information content (AvgIpc) is 2.65. The highest BCUT2D eigenvalue weighted by Gasteiger charge is 2.47. The number of halogens is 1. The fourth-order valence-corrected chi connectivity index (χ4v) is 4.66. The molecule has 2 heterocycles. The Morgan fingerprint density at radius 3 is 2.50 bits per heavy atom. The van der Waals surface area contributed by atoms with Crippen molar-refractivity contribution in [3.05, 3.63) is 70.2 Å². The number of nitrogens with one attached hydrogen (secondary N) is 1. The molecule has 0 atom stereocenters. The third-order valence-electron chi connectivity index (χ3n) is 5.68. The van der Waals surface area contributed by atoms with Crippen molar-refractivity contribution in [2.24, 2.45) is 0 Å². The van der Waals surface area contributed by atoms with Gasteiger partial charge in [0.2, 0.25) is 0 Å². The first kappa shape index (κ1) is 19.2. The molecule has 146 valence electrons. The number of hydrogen-bond acceptors (Lipinski definition) is 3. The zero-order valence-electron chi connectivity index (χ0n) is 16.5. The molecule has 28 heavy (non-hydrogen) atoms. The standard InChI is InChI=1S/C23H26BrN3O/c1-16(2)15-26-12-10-23(11-13-26)25-21-14-18(24)6-9-20(21)22(28)27(23)19-7-4-17(3)5-8-19/h4-9,14,25H,1,10-13,15H2,2-3H3. The van der Waals surface area contributed by atoms with Gasteiger partial charge in [-0.05, 0) is 44.2 Å². The average molecular weight is 440 g/mol. The van der Waals surface area contributed by atoms with Crippen LogP contribution in [0.3, 0.4) is 0 Å². The Labute approximate surface area is 175 Å². The number of rotatable bonds is 3. The highest BCUT2D eigenvalue weighted by Crippen LogP contribution is 2.41. The summed E-state index contributed by atoms with van der Waals surface area (Å²) in [6.45, 7) is 11.0. The number of carbonyl (C=O) groups is 1. The van der Waals surface area contributed by atoms with E-state index >= 15 is 0 Å². The van der Waals surface area contributed by atoms with Crippen molar-refractivity contribution in [2.75, 3.05) is 29.9 Å². The van der Waals surface area contributed by atoms with Crippen LogP contribution >= 0.6 is 15.9 Å². The van der Waals surface area contributed by atoms with E-state index in [1.54, 1.807) is 0 Å². The Bertz CT molecular complexity index is 914. The summed E-state index contributed by atoms with van der Waals surface area (Å²) in [6, 6.07) is 14.1. The Kier molecular flexibility index (Phi) is 5.06. The normalized spacial score (nSPS) is 18.7. The summed E-state index contributed by atoms with van der Waals surface area (Å²) < 4.78 is 0.977. The molecule has 4 rings (SSSR count). The fraction of sp³-hybridized carbons (Fsp3) is 0.348. The maximum atomic E-state index is 13.6. The van der Waals surface area contributed by atoms with E-state index in [0.29, 0.717) is 0 Å². The SMILES string of the molecule is C=C(C)CN1CCC2(CC1)Nc1cc(Br)ccc1C(=O)N2c1ccc(C)cc1. The van der Waals surface area contributed by atoms with Crippen molar-refractivity contribution in [1.82, 2.24) is 4.90 Å². The van der Waals surface area contributed by atoms with Crippen LogP contribution < -0.4 is 10.2 Å². The second-order valence-corrected chi connectivity index (χ2v) is 8.97. The maximum Gasteiger partial charge on any atom is 0.262 e. The maximum absolute atomic E-state index is 13.6. The number of fused-ring (bicyclic) bond motifs is 1. The molecule has 0 aliphatic carbocycles. The van der Waals surface area contributed by atoms with Crippen molar-refractivity contribution < 1.29 is 4.79 Å². The monoisotopic (exact) mass is 439 g/mol. The van der Waals surface area contributed by atoms with Crippen molar-refractivity contribution in [2.45, 2.75) is 32.4 Å². The van der Waals surface area contributed by atoms with Crippen LogP contribution in [0.1, 0.15) is 35.7 Å². The predicted molar refractivity (Wildman–Crippen MR) is 119 cm³/mol. The van der Waals surface area contributed by atoms with Gasteiger partial charge in [-0.3, -0.25) is 14.6 Å². The van der Waals surface area contributed by atoms with Crippen LogP contribution in [0.2, 0.25) is 0 Å². The molecule has 4 nitrogen and oxygen atoms in total. The molecule has 2 aliphatic heterocycles. The molecule has 2 aromatic rings. The molecule has 0 radical (unpaired) electrons. The molecule has 0 bridgehead atoms. The van der Waals surface area contributed by atoms with Gasteiger partial charge in [0.1, 0.15) is 5.66 Å². The second-order valence-electron chi connectivity index (χ2n) is 8.06. The van der Waals surface area contributed by atoms with Crippen LogP contribution in [0.15, 0.2) is 59.1 Å². The minimum Gasteiger partial charge on any atom is -0.362 e. The lowest BCUT2D eigenvalue weighted by atomic mass is 9.89. The van der Waals surface area contributed by atoms with Crippen molar-refractivity contribution in [3.63, 3.8) is 0 Å². The van der Waals surface area contributed by atoms with Gasteiger partial charge in [-0.25, -0.2) is 0 Å². The van der Waals surface area contributed by atoms with Gasteiger partial charge in [0, 0.05) is 48.3 Å². The topological polar surface area (TPSA) is 35.6 Å². The van der Waals surface area contributed by atoms with E-state index in [1.165, 1.54) is 11.1 Å². The van der Waals surface area contributed by atoms with Gasteiger partial charge in [-0.1, -0.05) is 45.8 Å². The van der Waals surface area contributed by atoms with Crippen molar-refractivity contribution in [1.29, 1.82) is 0 Å². The van der Waals surface area contributed by atoms with Crippen LogP contribution in [0, 0.1) is 6.92 Å². The summed E-state index contributed by atoms with van der Waals surface area (Å²) >= 11 is 3.54. The lowest BCUT2D eigenvalue weighted by Crippen LogP contribution is -2.64. The van der Waals surface area contributed by atoms with Gasteiger partial charge < -0.3 is 5.32 Å². The number of hydrogen-bond donors (Lipinski definition) is 1. The van der Waals surface area contributed by atoms with Crippen molar-refractivity contribution in [3.8, 4) is 0 Å². The van der Waals surface area contributed by atoms with E-state index in [9.17, 15) is 4.79 Å². The van der Waals surface area contributed by atoms with Crippen LogP contribution in [-0.2, 0) is 0 Å². The van der Waals surface area contributed by atoms with Crippen LogP contribution in [0.5, 0.6) is 0 Å². The number of aryl methyl sites for hydroxylation is 1.